The molecule has 2 aromatic carbocycles. The summed E-state index contributed by atoms with van der Waals surface area (Å²) in [5.41, 5.74) is 2.11. The van der Waals surface area contributed by atoms with E-state index in [1.165, 1.54) is 4.68 Å². The molecule has 2 atom stereocenters. The summed E-state index contributed by atoms with van der Waals surface area (Å²) >= 11 is 0. The van der Waals surface area contributed by atoms with E-state index in [0.29, 0.717) is 10.9 Å². The standard InChI is InChI=1S/C22H24N6O2/c1-3-14(2)20(21-23-17-10-6-7-11-18(17)24-21)25-19(29)12-13-28-22(30)15-8-4-5-9-16(15)26-27-28/h4-11,14,20H,3,12-13H2,1-2H3,(H,23,24)(H,25,29)/t14-,20-/m0/s1. The van der Waals surface area contributed by atoms with Gasteiger partial charge in [-0.15, -0.1) is 5.10 Å². The second-order valence-corrected chi connectivity index (χ2v) is 7.45. The summed E-state index contributed by atoms with van der Waals surface area (Å²) in [5.74, 6) is 0.766. The van der Waals surface area contributed by atoms with Gasteiger partial charge in [-0.2, -0.15) is 0 Å². The zero-order chi connectivity index (χ0) is 21.1. The van der Waals surface area contributed by atoms with Crippen molar-refractivity contribution in [3.05, 3.63) is 64.7 Å². The van der Waals surface area contributed by atoms with E-state index in [-0.39, 0.29) is 36.4 Å². The van der Waals surface area contributed by atoms with E-state index in [1.54, 1.807) is 24.3 Å². The molecule has 154 valence electrons. The lowest BCUT2D eigenvalue weighted by Crippen LogP contribution is -2.35. The van der Waals surface area contributed by atoms with Crippen LogP contribution in [0, 0.1) is 5.92 Å². The number of hydrogen-bond donors (Lipinski definition) is 2. The highest BCUT2D eigenvalue weighted by molar-refractivity contribution is 5.78. The fraction of sp³-hybridized carbons (Fsp3) is 0.318. The molecular weight excluding hydrogens is 380 g/mol. The Morgan fingerprint density at radius 1 is 1.13 bits per heavy atom. The first-order chi connectivity index (χ1) is 14.6. The van der Waals surface area contributed by atoms with Crippen LogP contribution in [0.15, 0.2) is 53.3 Å². The van der Waals surface area contributed by atoms with Crippen molar-refractivity contribution in [2.45, 2.75) is 39.3 Å². The number of imidazole rings is 1. The van der Waals surface area contributed by atoms with Gasteiger partial charge in [0.05, 0.1) is 29.0 Å². The van der Waals surface area contributed by atoms with E-state index in [9.17, 15) is 9.59 Å². The lowest BCUT2D eigenvalue weighted by molar-refractivity contribution is -0.122. The van der Waals surface area contributed by atoms with Crippen molar-refractivity contribution in [1.82, 2.24) is 30.3 Å². The zero-order valence-electron chi connectivity index (χ0n) is 17.0. The summed E-state index contributed by atoms with van der Waals surface area (Å²) in [7, 11) is 0. The molecule has 0 aliphatic carbocycles. The molecule has 0 aliphatic rings. The number of aryl methyl sites for hydroxylation is 1. The molecule has 0 saturated heterocycles. The summed E-state index contributed by atoms with van der Waals surface area (Å²) in [6.07, 6.45) is 1.01. The van der Waals surface area contributed by atoms with E-state index < -0.39 is 0 Å². The molecular formula is C22H24N6O2. The van der Waals surface area contributed by atoms with Crippen LogP contribution in [-0.4, -0.2) is 30.9 Å². The molecule has 0 aliphatic heterocycles. The fourth-order valence-corrected chi connectivity index (χ4v) is 3.46. The number of benzene rings is 2. The maximum atomic E-state index is 12.7. The van der Waals surface area contributed by atoms with Gasteiger partial charge in [0, 0.05) is 6.42 Å². The SMILES string of the molecule is CC[C@H](C)[C@H](NC(=O)CCn1nnc2ccccc2c1=O)c1nc2ccccc2[nH]1. The van der Waals surface area contributed by atoms with Gasteiger partial charge in [-0.3, -0.25) is 9.59 Å². The molecule has 4 aromatic rings. The summed E-state index contributed by atoms with van der Waals surface area (Å²) < 4.78 is 1.24. The number of nitrogens with zero attached hydrogens (tertiary/aromatic N) is 4. The number of carbonyl (C=O) groups is 1. The first kappa shape index (κ1) is 19.8. The van der Waals surface area contributed by atoms with Crippen LogP contribution in [0.3, 0.4) is 0 Å². The Balaban J connectivity index is 1.49. The minimum Gasteiger partial charge on any atom is -0.346 e. The van der Waals surface area contributed by atoms with E-state index in [1.807, 2.05) is 24.3 Å². The summed E-state index contributed by atoms with van der Waals surface area (Å²) in [6, 6.07) is 14.6. The molecule has 0 unspecified atom stereocenters. The van der Waals surface area contributed by atoms with Crippen LogP contribution >= 0.6 is 0 Å². The third-order valence-electron chi connectivity index (χ3n) is 5.41. The second kappa shape index (κ2) is 8.44. The quantitative estimate of drug-likeness (QED) is 0.493. The topological polar surface area (TPSA) is 106 Å². The lowest BCUT2D eigenvalue weighted by atomic mass is 9.98. The predicted molar refractivity (Wildman–Crippen MR) is 115 cm³/mol. The number of nitrogens with one attached hydrogen (secondary N) is 2. The van der Waals surface area contributed by atoms with Gasteiger partial charge in [-0.25, -0.2) is 9.67 Å². The van der Waals surface area contributed by atoms with Crippen LogP contribution in [0.2, 0.25) is 0 Å². The number of rotatable bonds is 7. The highest BCUT2D eigenvalue weighted by Crippen LogP contribution is 2.24. The van der Waals surface area contributed by atoms with Gasteiger partial charge in [-0.1, -0.05) is 49.7 Å². The molecule has 8 nitrogen and oxygen atoms in total. The molecule has 4 rings (SSSR count). The van der Waals surface area contributed by atoms with Crippen LogP contribution < -0.4 is 10.9 Å². The van der Waals surface area contributed by atoms with Crippen molar-refractivity contribution < 1.29 is 4.79 Å². The van der Waals surface area contributed by atoms with E-state index >= 15 is 0 Å². The molecule has 8 heteroatoms. The number of carbonyl (C=O) groups excluding carboxylic acids is 1. The first-order valence-corrected chi connectivity index (χ1v) is 10.1. The van der Waals surface area contributed by atoms with Crippen molar-refractivity contribution in [3.63, 3.8) is 0 Å². The molecule has 1 amide bonds. The Hall–Kier alpha value is -3.55. The van der Waals surface area contributed by atoms with E-state index in [4.69, 9.17) is 0 Å². The fourth-order valence-electron chi connectivity index (χ4n) is 3.46. The van der Waals surface area contributed by atoms with Crippen molar-refractivity contribution in [2.75, 3.05) is 0 Å². The zero-order valence-corrected chi connectivity index (χ0v) is 17.0. The van der Waals surface area contributed by atoms with Crippen molar-refractivity contribution in [1.29, 1.82) is 0 Å². The third kappa shape index (κ3) is 3.94. The van der Waals surface area contributed by atoms with Gasteiger partial charge in [-0.05, 0) is 30.2 Å². The molecule has 0 radical (unpaired) electrons. The smallest absolute Gasteiger partial charge is 0.277 e. The molecule has 0 fully saturated rings. The number of fused-ring (bicyclic) bond motifs is 2. The van der Waals surface area contributed by atoms with Gasteiger partial charge >= 0.3 is 0 Å². The van der Waals surface area contributed by atoms with E-state index in [2.05, 4.69) is 39.4 Å². The summed E-state index contributed by atoms with van der Waals surface area (Å²) in [5, 5.41) is 11.6. The Labute approximate surface area is 173 Å². The van der Waals surface area contributed by atoms with Crippen LogP contribution in [0.1, 0.15) is 38.6 Å². The minimum absolute atomic E-state index is 0.125. The predicted octanol–water partition coefficient (Wildman–Crippen LogP) is 2.96. The average Bonchev–Trinajstić information content (AvgIpc) is 3.20. The van der Waals surface area contributed by atoms with Gasteiger partial charge in [0.1, 0.15) is 11.3 Å². The summed E-state index contributed by atoms with van der Waals surface area (Å²) in [6.45, 7) is 4.32. The Morgan fingerprint density at radius 2 is 1.87 bits per heavy atom. The molecule has 2 N–H and O–H groups in total. The number of aromatic nitrogens is 5. The molecule has 0 saturated carbocycles. The number of aromatic amines is 1. The van der Waals surface area contributed by atoms with Crippen LogP contribution in [0.4, 0.5) is 0 Å². The highest BCUT2D eigenvalue weighted by Gasteiger charge is 2.23. The van der Waals surface area contributed by atoms with Gasteiger partial charge < -0.3 is 10.3 Å². The van der Waals surface area contributed by atoms with E-state index in [0.717, 1.165) is 23.3 Å². The monoisotopic (exact) mass is 404 g/mol. The average molecular weight is 404 g/mol. The number of amides is 1. The minimum atomic E-state index is -0.246. The maximum absolute atomic E-state index is 12.7. The van der Waals surface area contributed by atoms with Crippen molar-refractivity contribution >= 4 is 27.8 Å². The Morgan fingerprint density at radius 3 is 2.63 bits per heavy atom. The third-order valence-corrected chi connectivity index (χ3v) is 5.41. The van der Waals surface area contributed by atoms with Crippen LogP contribution in [0.5, 0.6) is 0 Å². The largest absolute Gasteiger partial charge is 0.346 e. The normalized spacial score (nSPS) is 13.4. The second-order valence-electron chi connectivity index (χ2n) is 7.45. The molecule has 2 aromatic heterocycles. The lowest BCUT2D eigenvalue weighted by Gasteiger charge is -2.22. The Bertz CT molecular complexity index is 1210. The highest BCUT2D eigenvalue weighted by atomic mass is 16.2. The van der Waals surface area contributed by atoms with Crippen LogP contribution in [-0.2, 0) is 11.3 Å². The number of H-pyrrole nitrogens is 1. The van der Waals surface area contributed by atoms with Crippen molar-refractivity contribution in [3.8, 4) is 0 Å². The summed E-state index contributed by atoms with van der Waals surface area (Å²) in [4.78, 5) is 33.2. The molecule has 2 heterocycles. The van der Waals surface area contributed by atoms with Gasteiger partial charge in [0.2, 0.25) is 5.91 Å². The maximum Gasteiger partial charge on any atom is 0.277 e. The molecule has 30 heavy (non-hydrogen) atoms. The number of para-hydroxylation sites is 2. The molecule has 0 bridgehead atoms. The van der Waals surface area contributed by atoms with Gasteiger partial charge in [0.15, 0.2) is 0 Å². The van der Waals surface area contributed by atoms with Crippen LogP contribution in [0.25, 0.3) is 21.9 Å². The Kier molecular flexibility index (Phi) is 5.56. The first-order valence-electron chi connectivity index (χ1n) is 10.1. The molecule has 0 spiro atoms. The van der Waals surface area contributed by atoms with Gasteiger partial charge in [0.25, 0.3) is 5.56 Å². The number of hydrogen-bond acceptors (Lipinski definition) is 5. The van der Waals surface area contributed by atoms with Crippen molar-refractivity contribution in [2.24, 2.45) is 5.92 Å².